The van der Waals surface area contributed by atoms with Gasteiger partial charge in [-0.1, -0.05) is 28.1 Å². The average Bonchev–Trinajstić information content (AvgIpc) is 2.86. The zero-order chi connectivity index (χ0) is 19.8. The van der Waals surface area contributed by atoms with Gasteiger partial charge in [0.25, 0.3) is 17.5 Å². The van der Waals surface area contributed by atoms with Crippen molar-refractivity contribution < 1.29 is 14.5 Å². The summed E-state index contributed by atoms with van der Waals surface area (Å²) < 4.78 is 0.614. The van der Waals surface area contributed by atoms with E-state index in [0.29, 0.717) is 27.7 Å². The van der Waals surface area contributed by atoms with Crippen LogP contribution in [0.1, 0.15) is 41.0 Å². The van der Waals surface area contributed by atoms with Gasteiger partial charge in [0.15, 0.2) is 0 Å². The highest BCUT2D eigenvalue weighted by atomic mass is 79.9. The Morgan fingerprint density at radius 1 is 1.11 bits per heavy atom. The van der Waals surface area contributed by atoms with Crippen LogP contribution in [-0.2, 0) is 0 Å². The molecule has 0 saturated carbocycles. The lowest BCUT2D eigenvalue weighted by atomic mass is 9.99. The number of halogens is 1. The van der Waals surface area contributed by atoms with E-state index in [9.17, 15) is 19.7 Å². The number of rotatable bonds is 6. The predicted molar refractivity (Wildman–Crippen MR) is 105 cm³/mol. The third kappa shape index (κ3) is 3.85. The van der Waals surface area contributed by atoms with E-state index in [1.165, 1.54) is 11.0 Å². The second-order valence-electron chi connectivity index (χ2n) is 6.98. The van der Waals surface area contributed by atoms with Gasteiger partial charge in [0.2, 0.25) is 0 Å². The molecular formula is C19H18BrN3O4. The molecule has 2 amide bonds. The summed E-state index contributed by atoms with van der Waals surface area (Å²) in [6.45, 7) is 3.96. The number of anilines is 1. The summed E-state index contributed by atoms with van der Waals surface area (Å²) in [5.41, 5.74) is 0.593. The number of carbonyl (C=O) groups excluding carboxylic acids is 2. The van der Waals surface area contributed by atoms with Crippen LogP contribution in [0, 0.1) is 10.1 Å². The lowest BCUT2D eigenvalue weighted by Crippen LogP contribution is -2.39. The molecule has 0 aliphatic carbocycles. The zero-order valence-corrected chi connectivity index (χ0v) is 16.4. The third-order valence-electron chi connectivity index (χ3n) is 4.47. The van der Waals surface area contributed by atoms with E-state index in [2.05, 4.69) is 21.2 Å². The van der Waals surface area contributed by atoms with Crippen molar-refractivity contribution in [3.05, 3.63) is 68.2 Å². The first-order valence-corrected chi connectivity index (χ1v) is 9.16. The SMILES string of the molecule is CC(C)(CCN1C(=O)c2ccccc2C1=O)Nc1ccc(Br)cc1[N+](=O)[O-]. The molecule has 0 bridgehead atoms. The quantitative estimate of drug-likeness (QED) is 0.419. The molecule has 2 aromatic rings. The molecule has 0 fully saturated rings. The van der Waals surface area contributed by atoms with Crippen molar-refractivity contribution in [1.82, 2.24) is 4.90 Å². The van der Waals surface area contributed by atoms with Gasteiger partial charge < -0.3 is 5.32 Å². The smallest absolute Gasteiger partial charge is 0.293 e. The van der Waals surface area contributed by atoms with Gasteiger partial charge in [-0.25, -0.2) is 0 Å². The van der Waals surface area contributed by atoms with Crippen molar-refractivity contribution in [2.45, 2.75) is 25.8 Å². The fourth-order valence-corrected chi connectivity index (χ4v) is 3.37. The van der Waals surface area contributed by atoms with Crippen molar-refractivity contribution >= 4 is 39.1 Å². The lowest BCUT2D eigenvalue weighted by molar-refractivity contribution is -0.384. The Balaban J connectivity index is 1.72. The highest BCUT2D eigenvalue weighted by Crippen LogP contribution is 2.31. The summed E-state index contributed by atoms with van der Waals surface area (Å²) >= 11 is 3.23. The minimum atomic E-state index is -0.575. The normalized spacial score (nSPS) is 13.7. The molecule has 140 valence electrons. The van der Waals surface area contributed by atoms with Crippen molar-refractivity contribution in [3.63, 3.8) is 0 Å². The molecule has 0 radical (unpaired) electrons. The van der Waals surface area contributed by atoms with Gasteiger partial charge in [-0.05, 0) is 44.5 Å². The molecule has 3 rings (SSSR count). The third-order valence-corrected chi connectivity index (χ3v) is 4.96. The monoisotopic (exact) mass is 431 g/mol. The predicted octanol–water partition coefficient (Wildman–Crippen LogP) is 4.23. The number of imide groups is 1. The second-order valence-corrected chi connectivity index (χ2v) is 7.90. The Hall–Kier alpha value is -2.74. The number of nitrogens with zero attached hydrogens (tertiary/aromatic N) is 2. The number of carbonyl (C=O) groups is 2. The molecule has 1 heterocycles. The maximum absolute atomic E-state index is 12.5. The highest BCUT2D eigenvalue weighted by molar-refractivity contribution is 9.10. The lowest BCUT2D eigenvalue weighted by Gasteiger charge is -2.29. The molecule has 1 N–H and O–H groups in total. The van der Waals surface area contributed by atoms with Crippen LogP contribution in [0.15, 0.2) is 46.9 Å². The van der Waals surface area contributed by atoms with Crippen LogP contribution in [0.3, 0.4) is 0 Å². The van der Waals surface area contributed by atoms with Crippen LogP contribution in [-0.4, -0.2) is 33.7 Å². The van der Waals surface area contributed by atoms with E-state index < -0.39 is 10.5 Å². The summed E-state index contributed by atoms with van der Waals surface area (Å²) in [4.78, 5) is 37.0. The van der Waals surface area contributed by atoms with Crippen LogP contribution < -0.4 is 5.32 Å². The van der Waals surface area contributed by atoms with Gasteiger partial charge in [-0.15, -0.1) is 0 Å². The molecule has 1 aliphatic heterocycles. The summed E-state index contributed by atoms with van der Waals surface area (Å²) in [6.07, 6.45) is 0.436. The summed E-state index contributed by atoms with van der Waals surface area (Å²) in [5, 5.41) is 14.4. The van der Waals surface area contributed by atoms with Crippen LogP contribution in [0.5, 0.6) is 0 Å². The van der Waals surface area contributed by atoms with Gasteiger partial charge in [0.1, 0.15) is 5.69 Å². The highest BCUT2D eigenvalue weighted by Gasteiger charge is 2.36. The Morgan fingerprint density at radius 3 is 2.26 bits per heavy atom. The first kappa shape index (κ1) is 19.0. The number of nitro benzene ring substituents is 1. The number of nitrogens with one attached hydrogen (secondary N) is 1. The number of amides is 2. The van der Waals surface area contributed by atoms with Crippen LogP contribution in [0.25, 0.3) is 0 Å². The number of nitro groups is 1. The number of fused-ring (bicyclic) bond motifs is 1. The van der Waals surface area contributed by atoms with E-state index in [-0.39, 0.29) is 24.0 Å². The zero-order valence-electron chi connectivity index (χ0n) is 14.9. The Kier molecular flexibility index (Phi) is 5.01. The molecular weight excluding hydrogens is 414 g/mol. The Labute approximate surface area is 164 Å². The summed E-state index contributed by atoms with van der Waals surface area (Å²) in [5.74, 6) is -0.609. The van der Waals surface area contributed by atoms with E-state index in [0.717, 1.165) is 0 Å². The van der Waals surface area contributed by atoms with Gasteiger partial charge in [-0.3, -0.25) is 24.6 Å². The molecule has 0 unspecified atom stereocenters. The molecule has 0 aromatic heterocycles. The summed E-state index contributed by atoms with van der Waals surface area (Å²) in [6, 6.07) is 11.5. The van der Waals surface area contributed by atoms with Crippen molar-refractivity contribution in [2.24, 2.45) is 0 Å². The minimum Gasteiger partial charge on any atom is -0.375 e. The van der Waals surface area contributed by atoms with Gasteiger partial charge >= 0.3 is 0 Å². The molecule has 7 nitrogen and oxygen atoms in total. The first-order valence-electron chi connectivity index (χ1n) is 8.37. The first-order chi connectivity index (χ1) is 12.7. The largest absolute Gasteiger partial charge is 0.375 e. The average molecular weight is 432 g/mol. The maximum atomic E-state index is 12.5. The van der Waals surface area contributed by atoms with E-state index in [4.69, 9.17) is 0 Å². The van der Waals surface area contributed by atoms with E-state index in [1.54, 1.807) is 36.4 Å². The van der Waals surface area contributed by atoms with Crippen LogP contribution in [0.4, 0.5) is 11.4 Å². The van der Waals surface area contributed by atoms with Crippen molar-refractivity contribution in [3.8, 4) is 0 Å². The van der Waals surface area contributed by atoms with E-state index >= 15 is 0 Å². The van der Waals surface area contributed by atoms with Crippen LogP contribution in [0.2, 0.25) is 0 Å². The number of hydrogen-bond donors (Lipinski definition) is 1. The Bertz CT molecular complexity index is 907. The molecule has 1 aliphatic rings. The Morgan fingerprint density at radius 2 is 1.70 bits per heavy atom. The van der Waals surface area contributed by atoms with E-state index in [1.807, 2.05) is 13.8 Å². The molecule has 2 aromatic carbocycles. The van der Waals surface area contributed by atoms with Gasteiger partial charge in [-0.2, -0.15) is 0 Å². The second kappa shape index (κ2) is 7.11. The van der Waals surface area contributed by atoms with Crippen LogP contribution >= 0.6 is 15.9 Å². The van der Waals surface area contributed by atoms with Gasteiger partial charge in [0.05, 0.1) is 16.1 Å². The molecule has 8 heteroatoms. The van der Waals surface area contributed by atoms with Crippen molar-refractivity contribution in [2.75, 3.05) is 11.9 Å². The maximum Gasteiger partial charge on any atom is 0.293 e. The fourth-order valence-electron chi connectivity index (χ4n) is 3.02. The van der Waals surface area contributed by atoms with Gasteiger partial charge in [0, 0.05) is 22.6 Å². The standard InChI is InChI=1S/C19H18BrN3O4/c1-19(2,21-15-8-7-12(20)11-16(15)23(26)27)9-10-22-17(24)13-5-3-4-6-14(13)18(22)25/h3-8,11,21H,9-10H2,1-2H3. The number of benzene rings is 2. The molecule has 27 heavy (non-hydrogen) atoms. The molecule has 0 saturated heterocycles. The molecule has 0 spiro atoms. The summed E-state index contributed by atoms with van der Waals surface area (Å²) in [7, 11) is 0. The number of hydrogen-bond acceptors (Lipinski definition) is 5. The topological polar surface area (TPSA) is 92.6 Å². The minimum absolute atomic E-state index is 0.0434. The van der Waals surface area contributed by atoms with Crippen molar-refractivity contribution in [1.29, 1.82) is 0 Å². The molecule has 0 atom stereocenters. The fraction of sp³-hybridized carbons (Fsp3) is 0.263.